The number of benzene rings is 1. The van der Waals surface area contributed by atoms with Crippen molar-refractivity contribution >= 4 is 29.0 Å². The number of hydrogen-bond acceptors (Lipinski definition) is 4. The first-order valence-corrected chi connectivity index (χ1v) is 10.4. The summed E-state index contributed by atoms with van der Waals surface area (Å²) in [6, 6.07) is 7.94. The number of thiazole rings is 1. The number of hydrogen-bond donors (Lipinski definition) is 1. The molecule has 0 unspecified atom stereocenters. The maximum absolute atomic E-state index is 12.7. The van der Waals surface area contributed by atoms with Crippen molar-refractivity contribution in [3.63, 3.8) is 0 Å². The van der Waals surface area contributed by atoms with Crippen LogP contribution in [0.15, 0.2) is 35.8 Å². The number of piperidine rings is 1. The van der Waals surface area contributed by atoms with Gasteiger partial charge in [-0.3, -0.25) is 4.79 Å². The average Bonchev–Trinajstić information content (AvgIpc) is 3.38. The van der Waals surface area contributed by atoms with Crippen LogP contribution in [0.25, 0.3) is 0 Å². The van der Waals surface area contributed by atoms with E-state index < -0.39 is 0 Å². The van der Waals surface area contributed by atoms with E-state index in [1.54, 1.807) is 17.5 Å². The van der Waals surface area contributed by atoms with Gasteiger partial charge < -0.3 is 15.1 Å². The standard InChI is InChI=1S/C20H24N4O2S/c25-18-5-3-12-23(18)16-8-6-15(7-9-16)14-22-20(26)24-11-2-1-4-17(24)19-21-10-13-27-19/h6-10,13,17H,1-5,11-12,14H2,(H,22,26)/t17-/m0/s1. The zero-order chi connectivity index (χ0) is 18.6. The van der Waals surface area contributed by atoms with E-state index in [0.717, 1.165) is 55.0 Å². The van der Waals surface area contributed by atoms with Crippen molar-refractivity contribution in [2.45, 2.75) is 44.7 Å². The number of likely N-dealkylation sites (tertiary alicyclic amines) is 1. The van der Waals surface area contributed by atoms with Crippen molar-refractivity contribution in [1.29, 1.82) is 0 Å². The second-order valence-electron chi connectivity index (χ2n) is 7.05. The number of amides is 3. The molecule has 4 rings (SSSR count). The van der Waals surface area contributed by atoms with Gasteiger partial charge in [0.2, 0.25) is 5.91 Å². The van der Waals surface area contributed by atoms with E-state index in [1.807, 2.05) is 39.4 Å². The van der Waals surface area contributed by atoms with Gasteiger partial charge in [0.25, 0.3) is 0 Å². The van der Waals surface area contributed by atoms with Crippen LogP contribution in [0.4, 0.5) is 10.5 Å². The molecular weight excluding hydrogens is 360 g/mol. The van der Waals surface area contributed by atoms with Crippen molar-refractivity contribution in [2.24, 2.45) is 0 Å². The summed E-state index contributed by atoms with van der Waals surface area (Å²) in [5.74, 6) is 0.189. The molecule has 1 aromatic carbocycles. The molecule has 2 fully saturated rings. The minimum Gasteiger partial charge on any atom is -0.334 e. The summed E-state index contributed by atoms with van der Waals surface area (Å²) in [6.07, 6.45) is 6.50. The molecule has 27 heavy (non-hydrogen) atoms. The van der Waals surface area contributed by atoms with Crippen LogP contribution >= 0.6 is 11.3 Å². The lowest BCUT2D eigenvalue weighted by Crippen LogP contribution is -2.44. The van der Waals surface area contributed by atoms with Gasteiger partial charge in [0.15, 0.2) is 0 Å². The highest BCUT2D eigenvalue weighted by Crippen LogP contribution is 2.32. The molecule has 0 saturated carbocycles. The van der Waals surface area contributed by atoms with Gasteiger partial charge in [-0.2, -0.15) is 0 Å². The lowest BCUT2D eigenvalue weighted by Gasteiger charge is -2.34. The molecule has 2 aliphatic rings. The van der Waals surface area contributed by atoms with Gasteiger partial charge in [-0.25, -0.2) is 9.78 Å². The predicted octanol–water partition coefficient (Wildman–Crippen LogP) is 3.71. The quantitative estimate of drug-likeness (QED) is 0.874. The number of anilines is 1. The van der Waals surface area contributed by atoms with Gasteiger partial charge in [-0.15, -0.1) is 11.3 Å². The highest BCUT2D eigenvalue weighted by Gasteiger charge is 2.29. The Morgan fingerprint density at radius 2 is 2.04 bits per heavy atom. The zero-order valence-corrected chi connectivity index (χ0v) is 16.1. The SMILES string of the molecule is O=C1CCCN1c1ccc(CNC(=O)N2CCCC[C@H]2c2nccs2)cc1. The van der Waals surface area contributed by atoms with Crippen LogP contribution in [-0.4, -0.2) is 34.9 Å². The molecule has 2 aromatic rings. The third kappa shape index (κ3) is 3.98. The lowest BCUT2D eigenvalue weighted by atomic mass is 10.0. The van der Waals surface area contributed by atoms with E-state index >= 15 is 0 Å². The Balaban J connectivity index is 1.36. The number of carbonyl (C=O) groups excluding carboxylic acids is 2. The lowest BCUT2D eigenvalue weighted by molar-refractivity contribution is -0.117. The van der Waals surface area contributed by atoms with E-state index in [4.69, 9.17) is 0 Å². The van der Waals surface area contributed by atoms with Crippen LogP contribution in [0, 0.1) is 0 Å². The predicted molar refractivity (Wildman–Crippen MR) is 106 cm³/mol. The number of carbonyl (C=O) groups is 2. The number of urea groups is 1. The summed E-state index contributed by atoms with van der Waals surface area (Å²) in [5, 5.41) is 6.02. The molecule has 6 nitrogen and oxygen atoms in total. The molecule has 1 N–H and O–H groups in total. The van der Waals surface area contributed by atoms with E-state index in [9.17, 15) is 9.59 Å². The molecule has 3 heterocycles. The topological polar surface area (TPSA) is 65.5 Å². The summed E-state index contributed by atoms with van der Waals surface area (Å²) < 4.78 is 0. The van der Waals surface area contributed by atoms with Crippen molar-refractivity contribution in [2.75, 3.05) is 18.0 Å². The summed E-state index contributed by atoms with van der Waals surface area (Å²) in [6.45, 7) is 2.04. The Morgan fingerprint density at radius 1 is 1.19 bits per heavy atom. The van der Waals surface area contributed by atoms with Crippen LogP contribution in [-0.2, 0) is 11.3 Å². The molecule has 0 bridgehead atoms. The summed E-state index contributed by atoms with van der Waals surface area (Å²) in [4.78, 5) is 32.7. The molecule has 7 heteroatoms. The first kappa shape index (κ1) is 18.0. The van der Waals surface area contributed by atoms with E-state index in [-0.39, 0.29) is 18.0 Å². The first-order valence-electron chi connectivity index (χ1n) is 9.55. The van der Waals surface area contributed by atoms with E-state index in [2.05, 4.69) is 10.3 Å². The third-order valence-corrected chi connectivity index (χ3v) is 6.14. The monoisotopic (exact) mass is 384 g/mol. The molecule has 0 radical (unpaired) electrons. The number of rotatable bonds is 4. The van der Waals surface area contributed by atoms with Crippen molar-refractivity contribution in [3.05, 3.63) is 46.4 Å². The smallest absolute Gasteiger partial charge is 0.318 e. The fourth-order valence-electron chi connectivity index (χ4n) is 3.82. The first-order chi connectivity index (χ1) is 13.2. The second-order valence-corrected chi connectivity index (χ2v) is 7.98. The minimum absolute atomic E-state index is 0.0336. The maximum Gasteiger partial charge on any atom is 0.318 e. The van der Waals surface area contributed by atoms with Gasteiger partial charge in [0, 0.05) is 43.3 Å². The average molecular weight is 385 g/mol. The Bertz CT molecular complexity index is 791. The normalized spacial score (nSPS) is 20.1. The van der Waals surface area contributed by atoms with Crippen molar-refractivity contribution in [3.8, 4) is 0 Å². The highest BCUT2D eigenvalue weighted by atomic mass is 32.1. The molecule has 142 valence electrons. The minimum atomic E-state index is -0.0336. The van der Waals surface area contributed by atoms with Crippen LogP contribution in [0.5, 0.6) is 0 Å². The Labute approximate surface area is 163 Å². The maximum atomic E-state index is 12.7. The number of nitrogens with zero attached hydrogens (tertiary/aromatic N) is 3. The Morgan fingerprint density at radius 3 is 2.74 bits per heavy atom. The molecule has 2 saturated heterocycles. The third-order valence-electron chi connectivity index (χ3n) is 5.27. The van der Waals surface area contributed by atoms with E-state index in [0.29, 0.717) is 13.0 Å². The van der Waals surface area contributed by atoms with Crippen LogP contribution in [0.2, 0.25) is 0 Å². The summed E-state index contributed by atoms with van der Waals surface area (Å²) in [7, 11) is 0. The van der Waals surface area contributed by atoms with Gasteiger partial charge >= 0.3 is 6.03 Å². The molecule has 2 aliphatic heterocycles. The fourth-order valence-corrected chi connectivity index (χ4v) is 4.61. The number of nitrogens with one attached hydrogen (secondary N) is 1. The van der Waals surface area contributed by atoms with E-state index in [1.165, 1.54) is 0 Å². The van der Waals surface area contributed by atoms with Crippen LogP contribution in [0.1, 0.15) is 48.7 Å². The van der Waals surface area contributed by atoms with Gasteiger partial charge in [-0.1, -0.05) is 12.1 Å². The van der Waals surface area contributed by atoms with Crippen molar-refractivity contribution < 1.29 is 9.59 Å². The summed E-state index contributed by atoms with van der Waals surface area (Å²) in [5.41, 5.74) is 1.97. The Kier molecular flexibility index (Phi) is 5.38. The van der Waals surface area contributed by atoms with Gasteiger partial charge in [-0.05, 0) is 43.4 Å². The zero-order valence-electron chi connectivity index (χ0n) is 15.3. The fraction of sp³-hybridized carbons (Fsp3) is 0.450. The second kappa shape index (κ2) is 8.08. The van der Waals surface area contributed by atoms with Gasteiger partial charge in [0.05, 0.1) is 6.04 Å². The molecule has 3 amide bonds. The number of aromatic nitrogens is 1. The molecule has 0 spiro atoms. The van der Waals surface area contributed by atoms with Crippen LogP contribution < -0.4 is 10.2 Å². The molecule has 0 aliphatic carbocycles. The molecule has 1 atom stereocenters. The molecular formula is C20H24N4O2S. The van der Waals surface area contributed by atoms with Crippen LogP contribution in [0.3, 0.4) is 0 Å². The summed E-state index contributed by atoms with van der Waals surface area (Å²) >= 11 is 1.61. The van der Waals surface area contributed by atoms with Crippen molar-refractivity contribution in [1.82, 2.24) is 15.2 Å². The van der Waals surface area contributed by atoms with Gasteiger partial charge in [0.1, 0.15) is 5.01 Å². The highest BCUT2D eigenvalue weighted by molar-refractivity contribution is 7.09. The largest absolute Gasteiger partial charge is 0.334 e. The molecule has 1 aromatic heterocycles. The Hall–Kier alpha value is -2.41.